The maximum atomic E-state index is 11.5. The predicted molar refractivity (Wildman–Crippen MR) is 138 cm³/mol. The Bertz CT molecular complexity index is 1660. The number of nitrogens with zero attached hydrogens (tertiary/aromatic N) is 3. The van der Waals surface area contributed by atoms with E-state index in [1.165, 1.54) is 4.52 Å². The molecule has 1 atom stereocenters. The highest BCUT2D eigenvalue weighted by Crippen LogP contribution is 2.26. The quantitative estimate of drug-likeness (QED) is 0.313. The number of benzene rings is 3. The lowest BCUT2D eigenvalue weighted by atomic mass is 9.96. The molecule has 0 saturated carbocycles. The fourth-order valence-corrected chi connectivity index (χ4v) is 5.48. The molecule has 0 fully saturated rings. The van der Waals surface area contributed by atoms with Gasteiger partial charge in [-0.15, -0.1) is 5.10 Å². The maximum Gasteiger partial charge on any atom is 0.267 e. The van der Waals surface area contributed by atoms with Crippen molar-refractivity contribution >= 4 is 64.9 Å². The molecule has 2 heterocycles. The highest BCUT2D eigenvalue weighted by atomic mass is 79.9. The van der Waals surface area contributed by atoms with Gasteiger partial charge in [-0.05, 0) is 22.4 Å². The number of fused-ring (bicyclic) bond motifs is 3. The number of hydrogen-bond donors (Lipinski definition) is 1. The second kappa shape index (κ2) is 8.88. The van der Waals surface area contributed by atoms with E-state index in [1.54, 1.807) is 6.20 Å². The van der Waals surface area contributed by atoms with Gasteiger partial charge in [-0.3, -0.25) is 4.79 Å². The first kappa shape index (κ1) is 22.6. The third kappa shape index (κ3) is 4.45. The van der Waals surface area contributed by atoms with Crippen LogP contribution in [0, 0.1) is 0 Å². The monoisotopic (exact) mass is 552 g/mol. The number of imidazole rings is 1. The lowest BCUT2D eigenvalue weighted by molar-refractivity contribution is 0.100. The Morgan fingerprint density at radius 3 is 2.50 bits per heavy atom. The van der Waals surface area contributed by atoms with Crippen LogP contribution in [-0.4, -0.2) is 33.6 Å². The molecule has 2 N–H and O–H groups in total. The third-order valence-electron chi connectivity index (χ3n) is 5.23. The molecule has 0 spiro atoms. The van der Waals surface area contributed by atoms with Gasteiger partial charge in [0.05, 0.1) is 16.7 Å². The van der Waals surface area contributed by atoms with Crippen LogP contribution in [0.15, 0.2) is 83.3 Å². The summed E-state index contributed by atoms with van der Waals surface area (Å²) in [4.78, 5) is 16.3. The largest absolute Gasteiger partial charge is 0.293 e. The van der Waals surface area contributed by atoms with Gasteiger partial charge in [-0.25, -0.2) is 23.1 Å². The van der Waals surface area contributed by atoms with Crippen molar-refractivity contribution in [3.05, 3.63) is 90.1 Å². The lowest BCUT2D eigenvalue weighted by Crippen LogP contribution is -2.15. The fourth-order valence-electron chi connectivity index (χ4n) is 3.58. The molecule has 0 radical (unpaired) electrons. The molecule has 0 bridgehead atoms. The van der Waals surface area contributed by atoms with Crippen LogP contribution in [0.1, 0.15) is 15.9 Å². The van der Waals surface area contributed by atoms with Gasteiger partial charge in [0.1, 0.15) is 0 Å². The van der Waals surface area contributed by atoms with Crippen molar-refractivity contribution in [2.45, 2.75) is 9.17 Å². The van der Waals surface area contributed by atoms with Crippen LogP contribution in [0.2, 0.25) is 0 Å². The summed E-state index contributed by atoms with van der Waals surface area (Å²) in [6.45, 7) is 0. The Balaban J connectivity index is 0.000000169. The van der Waals surface area contributed by atoms with E-state index in [-0.39, 0.29) is 15.0 Å². The molecule has 5 aromatic rings. The average Bonchev–Trinajstić information content (AvgIpc) is 3.42. The number of sulfonamides is 1. The summed E-state index contributed by atoms with van der Waals surface area (Å²) in [6, 6.07) is 21.7. The van der Waals surface area contributed by atoms with Crippen LogP contribution >= 0.6 is 27.3 Å². The van der Waals surface area contributed by atoms with Crippen molar-refractivity contribution in [2.75, 3.05) is 0 Å². The van der Waals surface area contributed by atoms with E-state index >= 15 is 0 Å². The van der Waals surface area contributed by atoms with Crippen molar-refractivity contribution < 1.29 is 13.2 Å². The number of allylic oxidation sites excluding steroid dienone is 1. The summed E-state index contributed by atoms with van der Waals surface area (Å²) < 4.78 is 23.9. The molecule has 0 aliphatic heterocycles. The van der Waals surface area contributed by atoms with Gasteiger partial charge in [0.25, 0.3) is 10.0 Å². The van der Waals surface area contributed by atoms with Crippen molar-refractivity contribution in [1.82, 2.24) is 14.6 Å². The number of halogens is 1. The number of alkyl halides is 1. The lowest BCUT2D eigenvalue weighted by Gasteiger charge is -2.12. The average molecular weight is 553 g/mol. The molecule has 1 unspecified atom stereocenters. The predicted octanol–water partition coefficient (Wildman–Crippen LogP) is 4.92. The maximum absolute atomic E-state index is 11.5. The Labute approximate surface area is 207 Å². The Hall–Kier alpha value is -3.18. The Morgan fingerprint density at radius 1 is 1.00 bits per heavy atom. The van der Waals surface area contributed by atoms with Crippen LogP contribution in [0.25, 0.3) is 33.1 Å². The van der Waals surface area contributed by atoms with E-state index in [9.17, 15) is 13.2 Å². The second-order valence-corrected chi connectivity index (χ2v) is 11.2. The van der Waals surface area contributed by atoms with E-state index in [2.05, 4.69) is 26.0 Å². The molecule has 0 amide bonds. The van der Waals surface area contributed by atoms with Crippen LogP contribution < -0.4 is 5.14 Å². The standard InChI is InChI=1S/C14H10N4O2S2.C10H7BrO/c15-22(19,20)14-17-18-8-12(16-13(18)21-14)11-6-5-9-3-1-2-4-10(9)7-11;11-9-6-5-7-3-1-2-4-8(7)10(9)12/h1-8H,(H2,15,19,20);1-6,9H. The molecule has 6 rings (SSSR count). The summed E-state index contributed by atoms with van der Waals surface area (Å²) in [5.74, 6) is 0.146. The molecule has 1 aliphatic rings. The normalized spacial score (nSPS) is 15.2. The number of hydrogen-bond acceptors (Lipinski definition) is 6. The Kier molecular flexibility index (Phi) is 5.90. The number of ketones is 1. The summed E-state index contributed by atoms with van der Waals surface area (Å²) in [5.41, 5.74) is 3.51. The SMILES string of the molecule is NS(=O)(=O)c1nn2cc(-c3ccc4ccccc4c3)nc2s1.O=C1c2ccccc2C=CC1Br. The van der Waals surface area contributed by atoms with Crippen molar-refractivity contribution in [1.29, 1.82) is 0 Å². The summed E-state index contributed by atoms with van der Waals surface area (Å²) >= 11 is 4.24. The molecule has 34 heavy (non-hydrogen) atoms. The molecule has 7 nitrogen and oxygen atoms in total. The Morgan fingerprint density at radius 2 is 1.74 bits per heavy atom. The number of aromatic nitrogens is 3. The van der Waals surface area contributed by atoms with E-state index in [0.717, 1.165) is 44.5 Å². The number of Topliss-reactive ketones (excluding diaryl/α,β-unsaturated/α-hetero) is 1. The highest BCUT2D eigenvalue weighted by Gasteiger charge is 2.20. The molecule has 3 aromatic carbocycles. The van der Waals surface area contributed by atoms with E-state index in [1.807, 2.05) is 78.9 Å². The fraction of sp³-hybridized carbons (Fsp3) is 0.0417. The summed E-state index contributed by atoms with van der Waals surface area (Å²) in [7, 11) is -3.79. The molecule has 1 aliphatic carbocycles. The van der Waals surface area contributed by atoms with Gasteiger partial charge in [-0.1, -0.05) is 100 Å². The van der Waals surface area contributed by atoms with Gasteiger partial charge in [0.2, 0.25) is 9.30 Å². The number of carbonyl (C=O) groups is 1. The topological polar surface area (TPSA) is 107 Å². The van der Waals surface area contributed by atoms with Crippen molar-refractivity contribution in [2.24, 2.45) is 5.14 Å². The van der Waals surface area contributed by atoms with Gasteiger partial charge < -0.3 is 0 Å². The molecular weight excluding hydrogens is 536 g/mol. The third-order valence-corrected chi connectivity index (χ3v) is 8.19. The molecule has 2 aromatic heterocycles. The number of nitrogens with two attached hydrogens (primary N) is 1. The van der Waals surface area contributed by atoms with Crippen LogP contribution in [0.5, 0.6) is 0 Å². The van der Waals surface area contributed by atoms with E-state index < -0.39 is 10.0 Å². The highest BCUT2D eigenvalue weighted by molar-refractivity contribution is 9.10. The minimum atomic E-state index is -3.79. The zero-order valence-electron chi connectivity index (χ0n) is 17.5. The van der Waals surface area contributed by atoms with Crippen LogP contribution in [0.3, 0.4) is 0 Å². The molecule has 0 saturated heterocycles. The van der Waals surface area contributed by atoms with Gasteiger partial charge in [-0.2, -0.15) is 0 Å². The minimum Gasteiger partial charge on any atom is -0.293 e. The minimum absolute atomic E-state index is 0.139. The molecular formula is C24H17BrN4O3S2. The van der Waals surface area contributed by atoms with Crippen LogP contribution in [0.4, 0.5) is 0 Å². The first-order valence-corrected chi connectivity index (χ1v) is 13.4. The number of carbonyl (C=O) groups excluding carboxylic acids is 1. The second-order valence-electron chi connectivity index (χ2n) is 7.54. The van der Waals surface area contributed by atoms with Gasteiger partial charge in [0.15, 0.2) is 5.78 Å². The van der Waals surface area contributed by atoms with E-state index in [0.29, 0.717) is 4.96 Å². The van der Waals surface area contributed by atoms with Crippen LogP contribution in [-0.2, 0) is 10.0 Å². The number of rotatable bonds is 2. The first-order chi connectivity index (χ1) is 16.3. The van der Waals surface area contributed by atoms with E-state index in [4.69, 9.17) is 5.14 Å². The zero-order chi connectivity index (χ0) is 23.9. The van der Waals surface area contributed by atoms with Gasteiger partial charge >= 0.3 is 0 Å². The number of primary sulfonamides is 1. The van der Waals surface area contributed by atoms with Crippen molar-refractivity contribution in [3.63, 3.8) is 0 Å². The first-order valence-electron chi connectivity index (χ1n) is 10.1. The molecule has 10 heteroatoms. The van der Waals surface area contributed by atoms with Crippen molar-refractivity contribution in [3.8, 4) is 11.3 Å². The van der Waals surface area contributed by atoms with Gasteiger partial charge in [0, 0.05) is 11.1 Å². The zero-order valence-corrected chi connectivity index (χ0v) is 20.7. The smallest absolute Gasteiger partial charge is 0.267 e. The summed E-state index contributed by atoms with van der Waals surface area (Å²) in [5, 5.41) is 11.3. The molecule has 170 valence electrons. The summed E-state index contributed by atoms with van der Waals surface area (Å²) in [6.07, 6.45) is 5.53.